The molecule has 0 radical (unpaired) electrons. The van der Waals surface area contributed by atoms with Crippen molar-refractivity contribution in [1.82, 2.24) is 0 Å². The van der Waals surface area contributed by atoms with Crippen LogP contribution in [0.1, 0.15) is 16.7 Å². The van der Waals surface area contributed by atoms with Crippen LogP contribution >= 0.6 is 27.5 Å². The van der Waals surface area contributed by atoms with Gasteiger partial charge in [-0.05, 0) is 45.3 Å². The van der Waals surface area contributed by atoms with Crippen LogP contribution in [0.5, 0.6) is 5.75 Å². The minimum absolute atomic E-state index is 0.0123. The zero-order valence-electron chi connectivity index (χ0n) is 15.4. The molecule has 0 atom stereocenters. The minimum Gasteiger partial charge on any atom is -0.486 e. The molecule has 0 aliphatic rings. The first-order valence-electron chi connectivity index (χ1n) is 8.68. The molecule has 0 bridgehead atoms. The molecule has 3 rings (SSSR count). The average Bonchev–Trinajstić information content (AvgIpc) is 2.72. The number of oxime groups is 1. The van der Waals surface area contributed by atoms with Crippen LogP contribution < -0.4 is 4.74 Å². The molecule has 0 amide bonds. The number of non-ortho nitro benzene ring substituents is 1. The van der Waals surface area contributed by atoms with E-state index in [0.29, 0.717) is 31.9 Å². The number of hydrogen-bond donors (Lipinski definition) is 0. The van der Waals surface area contributed by atoms with Crippen LogP contribution in [0.3, 0.4) is 0 Å². The largest absolute Gasteiger partial charge is 0.486 e. The van der Waals surface area contributed by atoms with E-state index in [1.54, 1.807) is 42.5 Å². The summed E-state index contributed by atoms with van der Waals surface area (Å²) in [5.74, 6) is 0.0315. The van der Waals surface area contributed by atoms with Gasteiger partial charge < -0.3 is 9.57 Å². The highest BCUT2D eigenvalue weighted by atomic mass is 79.9. The van der Waals surface area contributed by atoms with E-state index < -0.39 is 4.92 Å². The average molecular weight is 494 g/mol. The third-order valence-electron chi connectivity index (χ3n) is 3.98. The Bertz CT molecular complexity index is 1070. The standard InChI is InChI=1S/C21H15BrClFN2O4/c22-18-9-15(11-25-30-12-14-4-3-6-17(8-14)26(27)28)10-19(23)21(18)29-13-16-5-1-2-7-20(16)24/h1-11H,12-13H2/b25-11-. The summed E-state index contributed by atoms with van der Waals surface area (Å²) in [5.41, 5.74) is 1.67. The Balaban J connectivity index is 1.61. The molecule has 0 aliphatic heterocycles. The van der Waals surface area contributed by atoms with Gasteiger partial charge in [0.1, 0.15) is 19.0 Å². The van der Waals surface area contributed by atoms with Gasteiger partial charge in [-0.2, -0.15) is 0 Å². The lowest BCUT2D eigenvalue weighted by atomic mass is 10.2. The molecular weight excluding hydrogens is 479 g/mol. The molecule has 6 nitrogen and oxygen atoms in total. The Morgan fingerprint density at radius 1 is 1.13 bits per heavy atom. The Morgan fingerprint density at radius 2 is 1.93 bits per heavy atom. The fraction of sp³-hybridized carbons (Fsp3) is 0.0952. The summed E-state index contributed by atoms with van der Waals surface area (Å²) < 4.78 is 20.0. The molecule has 3 aromatic rings. The summed E-state index contributed by atoms with van der Waals surface area (Å²) in [4.78, 5) is 15.5. The van der Waals surface area contributed by atoms with Crippen molar-refractivity contribution in [3.63, 3.8) is 0 Å². The van der Waals surface area contributed by atoms with Gasteiger partial charge in [0.05, 0.1) is 20.6 Å². The summed E-state index contributed by atoms with van der Waals surface area (Å²) in [7, 11) is 0. The van der Waals surface area contributed by atoms with Gasteiger partial charge in [-0.3, -0.25) is 10.1 Å². The molecule has 3 aromatic carbocycles. The van der Waals surface area contributed by atoms with Gasteiger partial charge in [-0.25, -0.2) is 4.39 Å². The Hall–Kier alpha value is -2.97. The quantitative estimate of drug-likeness (QED) is 0.210. The van der Waals surface area contributed by atoms with Gasteiger partial charge in [-0.1, -0.05) is 47.1 Å². The zero-order valence-corrected chi connectivity index (χ0v) is 17.8. The summed E-state index contributed by atoms with van der Waals surface area (Å²) in [6.45, 7) is 0.113. The maximum absolute atomic E-state index is 13.7. The highest BCUT2D eigenvalue weighted by Crippen LogP contribution is 2.35. The number of nitro groups is 1. The van der Waals surface area contributed by atoms with Crippen LogP contribution in [0.25, 0.3) is 0 Å². The second-order valence-electron chi connectivity index (χ2n) is 6.13. The van der Waals surface area contributed by atoms with Gasteiger partial charge in [0, 0.05) is 17.7 Å². The third kappa shape index (κ3) is 5.77. The van der Waals surface area contributed by atoms with Crippen molar-refractivity contribution in [2.24, 2.45) is 5.16 Å². The summed E-state index contributed by atoms with van der Waals surface area (Å²) >= 11 is 9.67. The topological polar surface area (TPSA) is 74.0 Å². The van der Waals surface area contributed by atoms with Crippen molar-refractivity contribution in [2.75, 3.05) is 0 Å². The van der Waals surface area contributed by atoms with Gasteiger partial charge in [0.25, 0.3) is 5.69 Å². The predicted molar refractivity (Wildman–Crippen MR) is 115 cm³/mol. The lowest BCUT2D eigenvalue weighted by molar-refractivity contribution is -0.384. The number of benzene rings is 3. The highest BCUT2D eigenvalue weighted by molar-refractivity contribution is 9.10. The number of nitro benzene ring substituents is 1. The first-order valence-corrected chi connectivity index (χ1v) is 9.85. The van der Waals surface area contributed by atoms with E-state index in [2.05, 4.69) is 21.1 Å². The second kappa shape index (κ2) is 10.2. The highest BCUT2D eigenvalue weighted by Gasteiger charge is 2.11. The summed E-state index contributed by atoms with van der Waals surface area (Å²) in [6.07, 6.45) is 1.45. The van der Waals surface area contributed by atoms with E-state index in [1.165, 1.54) is 24.4 Å². The van der Waals surface area contributed by atoms with Crippen molar-refractivity contribution in [1.29, 1.82) is 0 Å². The van der Waals surface area contributed by atoms with E-state index in [4.69, 9.17) is 21.2 Å². The molecule has 0 fully saturated rings. The van der Waals surface area contributed by atoms with Crippen molar-refractivity contribution < 1.29 is 18.9 Å². The Labute approximate surface area is 185 Å². The molecule has 0 spiro atoms. The second-order valence-corrected chi connectivity index (χ2v) is 7.39. The molecule has 0 aromatic heterocycles. The van der Waals surface area contributed by atoms with E-state index in [-0.39, 0.29) is 24.7 Å². The fourth-order valence-corrected chi connectivity index (χ4v) is 3.52. The van der Waals surface area contributed by atoms with Crippen LogP contribution in [0.2, 0.25) is 5.02 Å². The monoisotopic (exact) mass is 492 g/mol. The van der Waals surface area contributed by atoms with Crippen molar-refractivity contribution >= 4 is 39.4 Å². The lowest BCUT2D eigenvalue weighted by Crippen LogP contribution is -2.00. The summed E-state index contributed by atoms with van der Waals surface area (Å²) in [6, 6.07) is 15.8. The normalized spacial score (nSPS) is 10.9. The fourth-order valence-electron chi connectivity index (χ4n) is 2.53. The molecule has 0 unspecified atom stereocenters. The van der Waals surface area contributed by atoms with Crippen molar-refractivity contribution in [2.45, 2.75) is 13.2 Å². The lowest BCUT2D eigenvalue weighted by Gasteiger charge is -2.11. The van der Waals surface area contributed by atoms with Crippen LogP contribution in [-0.4, -0.2) is 11.1 Å². The first kappa shape index (κ1) is 21.7. The number of rotatable bonds is 8. The van der Waals surface area contributed by atoms with Crippen LogP contribution in [0, 0.1) is 15.9 Å². The van der Waals surface area contributed by atoms with Crippen LogP contribution in [-0.2, 0) is 18.1 Å². The van der Waals surface area contributed by atoms with Crippen molar-refractivity contribution in [3.05, 3.63) is 103 Å². The van der Waals surface area contributed by atoms with E-state index >= 15 is 0 Å². The molecule has 30 heavy (non-hydrogen) atoms. The SMILES string of the molecule is O=[N+]([O-])c1cccc(CO/N=C\c2cc(Cl)c(OCc3ccccc3F)c(Br)c2)c1. The van der Waals surface area contributed by atoms with Crippen LogP contribution in [0.4, 0.5) is 10.1 Å². The first-order chi connectivity index (χ1) is 14.4. The van der Waals surface area contributed by atoms with E-state index in [0.717, 1.165) is 0 Å². The molecule has 154 valence electrons. The van der Waals surface area contributed by atoms with Gasteiger partial charge in [0.15, 0.2) is 5.75 Å². The number of halogens is 3. The Kier molecular flexibility index (Phi) is 7.37. The van der Waals surface area contributed by atoms with Gasteiger partial charge >= 0.3 is 0 Å². The molecule has 0 heterocycles. The molecular formula is C21H15BrClFN2O4. The Morgan fingerprint density at radius 3 is 2.67 bits per heavy atom. The smallest absolute Gasteiger partial charge is 0.269 e. The number of ether oxygens (including phenoxy) is 1. The third-order valence-corrected chi connectivity index (χ3v) is 4.85. The molecule has 0 saturated heterocycles. The van der Waals surface area contributed by atoms with Gasteiger partial charge in [-0.15, -0.1) is 0 Å². The van der Waals surface area contributed by atoms with Crippen LogP contribution in [0.15, 0.2) is 70.3 Å². The maximum atomic E-state index is 13.7. The maximum Gasteiger partial charge on any atom is 0.269 e. The number of hydrogen-bond acceptors (Lipinski definition) is 5. The number of nitrogens with zero attached hydrogens (tertiary/aromatic N) is 2. The van der Waals surface area contributed by atoms with Gasteiger partial charge in [0.2, 0.25) is 0 Å². The molecule has 0 saturated carbocycles. The zero-order chi connectivity index (χ0) is 21.5. The van der Waals surface area contributed by atoms with E-state index in [1.807, 2.05) is 0 Å². The molecule has 0 aliphatic carbocycles. The summed E-state index contributed by atoms with van der Waals surface area (Å²) in [5, 5.41) is 15.0. The van der Waals surface area contributed by atoms with Crippen molar-refractivity contribution in [3.8, 4) is 5.75 Å². The molecule has 0 N–H and O–H groups in total. The van der Waals surface area contributed by atoms with E-state index in [9.17, 15) is 14.5 Å². The predicted octanol–water partition coefficient (Wildman–Crippen LogP) is 6.28. The minimum atomic E-state index is -0.470. The molecule has 9 heteroatoms.